The van der Waals surface area contributed by atoms with Crippen molar-refractivity contribution >= 4 is 17.5 Å². The minimum Gasteiger partial charge on any atom is -0.382 e. The molecule has 3 rings (SSSR count). The molecule has 0 spiro atoms. The van der Waals surface area contributed by atoms with Crippen LogP contribution in [-0.2, 0) is 21.0 Å². The summed E-state index contributed by atoms with van der Waals surface area (Å²) in [6.45, 7) is 6.59. The van der Waals surface area contributed by atoms with Crippen molar-refractivity contribution < 1.29 is 14.4 Å². The maximum atomic E-state index is 13.0. The smallest absolute Gasteiger partial charge is 0.288 e. The summed E-state index contributed by atoms with van der Waals surface area (Å²) in [5.41, 5.74) is 1.54. The zero-order chi connectivity index (χ0) is 18.7. The molecule has 26 heavy (non-hydrogen) atoms. The number of hydrogen-bond acceptors (Lipinski definition) is 5. The Kier molecular flexibility index (Phi) is 5.41. The van der Waals surface area contributed by atoms with Gasteiger partial charge in [0.15, 0.2) is 0 Å². The molecular formula is C20H27N3O3. The standard InChI is InChI=1S/C20H27N3O3/c1-4-5-11-16-12-17(26-21-16)19(25)23-18(24)13-20(2,3)22(23)14-15-9-7-6-8-10-15/h6-10,17H,4-5,11-14H2,1-3H3/t17-/m0/s1. The Labute approximate surface area is 154 Å². The van der Waals surface area contributed by atoms with Gasteiger partial charge in [-0.05, 0) is 32.3 Å². The SMILES string of the molecule is CCCCC1=NO[C@H](C(=O)N2C(=O)CC(C)(C)N2Cc2ccccc2)C1. The molecule has 1 aromatic carbocycles. The van der Waals surface area contributed by atoms with Crippen LogP contribution in [-0.4, -0.2) is 39.2 Å². The average Bonchev–Trinajstić information content (AvgIpc) is 3.16. The van der Waals surface area contributed by atoms with Crippen LogP contribution in [0.25, 0.3) is 0 Å². The van der Waals surface area contributed by atoms with Crippen molar-refractivity contribution in [1.82, 2.24) is 10.0 Å². The Bertz CT molecular complexity index is 700. The molecule has 6 nitrogen and oxygen atoms in total. The Balaban J connectivity index is 1.74. The number of rotatable bonds is 6. The minimum absolute atomic E-state index is 0.179. The number of benzene rings is 1. The minimum atomic E-state index is -0.696. The lowest BCUT2D eigenvalue weighted by molar-refractivity contribution is -0.169. The molecule has 2 aliphatic rings. The van der Waals surface area contributed by atoms with Gasteiger partial charge >= 0.3 is 0 Å². The summed E-state index contributed by atoms with van der Waals surface area (Å²) in [5.74, 6) is -0.492. The first-order valence-corrected chi connectivity index (χ1v) is 9.32. The van der Waals surface area contributed by atoms with Crippen molar-refractivity contribution in [1.29, 1.82) is 0 Å². The topological polar surface area (TPSA) is 62.2 Å². The lowest BCUT2D eigenvalue weighted by Crippen LogP contribution is -2.52. The molecule has 2 amide bonds. The lowest BCUT2D eigenvalue weighted by Gasteiger charge is -2.35. The maximum Gasteiger partial charge on any atom is 0.288 e. The molecule has 0 saturated carbocycles. The van der Waals surface area contributed by atoms with E-state index in [1.54, 1.807) is 0 Å². The van der Waals surface area contributed by atoms with Crippen LogP contribution in [0.5, 0.6) is 0 Å². The van der Waals surface area contributed by atoms with Crippen LogP contribution in [0, 0.1) is 0 Å². The summed E-state index contributed by atoms with van der Waals surface area (Å²) >= 11 is 0. The Morgan fingerprint density at radius 2 is 2.04 bits per heavy atom. The molecule has 1 atom stereocenters. The Morgan fingerprint density at radius 1 is 1.31 bits per heavy atom. The van der Waals surface area contributed by atoms with Crippen molar-refractivity contribution in [2.24, 2.45) is 5.16 Å². The molecular weight excluding hydrogens is 330 g/mol. The van der Waals surface area contributed by atoms with Gasteiger partial charge in [-0.1, -0.05) is 48.8 Å². The predicted octanol–water partition coefficient (Wildman–Crippen LogP) is 3.28. The number of nitrogens with zero attached hydrogens (tertiary/aromatic N) is 3. The molecule has 2 heterocycles. The number of unbranched alkanes of at least 4 members (excludes halogenated alkanes) is 1. The van der Waals surface area contributed by atoms with E-state index in [-0.39, 0.29) is 11.8 Å². The van der Waals surface area contributed by atoms with E-state index in [1.807, 2.05) is 49.2 Å². The van der Waals surface area contributed by atoms with Gasteiger partial charge in [-0.15, -0.1) is 0 Å². The zero-order valence-electron chi connectivity index (χ0n) is 15.8. The van der Waals surface area contributed by atoms with Crippen LogP contribution < -0.4 is 0 Å². The van der Waals surface area contributed by atoms with Crippen molar-refractivity contribution in [2.75, 3.05) is 0 Å². The number of carbonyl (C=O) groups is 2. The van der Waals surface area contributed by atoms with Crippen molar-refractivity contribution in [3.05, 3.63) is 35.9 Å². The second-order valence-corrected chi connectivity index (χ2v) is 7.64. The van der Waals surface area contributed by atoms with Gasteiger partial charge < -0.3 is 4.84 Å². The number of hydrazine groups is 1. The third-order valence-electron chi connectivity index (χ3n) is 4.97. The molecule has 0 bridgehead atoms. The summed E-state index contributed by atoms with van der Waals surface area (Å²) in [6.07, 6.45) is 3.02. The van der Waals surface area contributed by atoms with Gasteiger partial charge in [0.2, 0.25) is 12.0 Å². The third-order valence-corrected chi connectivity index (χ3v) is 4.97. The monoisotopic (exact) mass is 357 g/mol. The van der Waals surface area contributed by atoms with Crippen molar-refractivity contribution in [3.8, 4) is 0 Å². The number of imide groups is 1. The Morgan fingerprint density at radius 3 is 2.73 bits per heavy atom. The first-order chi connectivity index (χ1) is 12.4. The van der Waals surface area contributed by atoms with Crippen LogP contribution in [0.3, 0.4) is 0 Å². The molecule has 0 radical (unpaired) electrons. The van der Waals surface area contributed by atoms with Crippen LogP contribution in [0.4, 0.5) is 0 Å². The molecule has 1 fully saturated rings. The molecule has 1 saturated heterocycles. The molecule has 0 unspecified atom stereocenters. The quantitative estimate of drug-likeness (QED) is 0.733. The van der Waals surface area contributed by atoms with E-state index < -0.39 is 11.6 Å². The fraction of sp³-hybridized carbons (Fsp3) is 0.550. The van der Waals surface area contributed by atoms with Gasteiger partial charge in [-0.3, -0.25) is 9.59 Å². The summed E-state index contributed by atoms with van der Waals surface area (Å²) in [5, 5.41) is 7.21. The highest BCUT2D eigenvalue weighted by Crippen LogP contribution is 2.33. The normalized spacial score (nSPS) is 22.4. The van der Waals surface area contributed by atoms with E-state index in [9.17, 15) is 9.59 Å². The second kappa shape index (κ2) is 7.58. The van der Waals surface area contributed by atoms with Gasteiger partial charge in [0, 0.05) is 24.9 Å². The highest BCUT2D eigenvalue weighted by Gasteiger charge is 2.49. The van der Waals surface area contributed by atoms with Gasteiger partial charge in [-0.25, -0.2) is 10.0 Å². The molecule has 6 heteroatoms. The fourth-order valence-electron chi connectivity index (χ4n) is 3.45. The maximum absolute atomic E-state index is 13.0. The van der Waals surface area contributed by atoms with E-state index in [4.69, 9.17) is 4.84 Å². The van der Waals surface area contributed by atoms with Gasteiger partial charge in [0.25, 0.3) is 5.91 Å². The number of oxime groups is 1. The molecule has 140 valence electrons. The van der Waals surface area contributed by atoms with Gasteiger partial charge in [0.1, 0.15) is 0 Å². The van der Waals surface area contributed by atoms with Crippen LogP contribution >= 0.6 is 0 Å². The van der Waals surface area contributed by atoms with E-state index in [0.717, 1.165) is 30.5 Å². The number of hydrogen-bond donors (Lipinski definition) is 0. The summed E-state index contributed by atoms with van der Waals surface area (Å²) in [7, 11) is 0. The zero-order valence-corrected chi connectivity index (χ0v) is 15.8. The van der Waals surface area contributed by atoms with Crippen molar-refractivity contribution in [3.63, 3.8) is 0 Å². The molecule has 0 N–H and O–H groups in total. The van der Waals surface area contributed by atoms with E-state index >= 15 is 0 Å². The van der Waals surface area contributed by atoms with Gasteiger partial charge in [0.05, 0.1) is 5.71 Å². The Hall–Kier alpha value is -2.21. The number of carbonyl (C=O) groups excluding carboxylic acids is 2. The number of amides is 2. The van der Waals surface area contributed by atoms with Gasteiger partial charge in [-0.2, -0.15) is 0 Å². The van der Waals surface area contributed by atoms with E-state index in [0.29, 0.717) is 19.4 Å². The summed E-state index contributed by atoms with van der Waals surface area (Å²) < 4.78 is 0. The third kappa shape index (κ3) is 3.80. The van der Waals surface area contributed by atoms with E-state index in [2.05, 4.69) is 12.1 Å². The fourth-order valence-corrected chi connectivity index (χ4v) is 3.45. The van der Waals surface area contributed by atoms with Crippen LogP contribution in [0.2, 0.25) is 0 Å². The first-order valence-electron chi connectivity index (χ1n) is 9.32. The highest BCUT2D eigenvalue weighted by molar-refractivity contribution is 6.01. The van der Waals surface area contributed by atoms with Crippen molar-refractivity contribution in [2.45, 2.75) is 71.1 Å². The second-order valence-electron chi connectivity index (χ2n) is 7.64. The predicted molar refractivity (Wildman–Crippen MR) is 99.0 cm³/mol. The average molecular weight is 357 g/mol. The van der Waals surface area contributed by atoms with Crippen LogP contribution in [0.1, 0.15) is 58.4 Å². The lowest BCUT2D eigenvalue weighted by atomic mass is 10.0. The highest BCUT2D eigenvalue weighted by atomic mass is 16.6. The molecule has 2 aliphatic heterocycles. The largest absolute Gasteiger partial charge is 0.382 e. The molecule has 0 aliphatic carbocycles. The summed E-state index contributed by atoms with van der Waals surface area (Å²) in [4.78, 5) is 31.0. The summed E-state index contributed by atoms with van der Waals surface area (Å²) in [6, 6.07) is 9.87. The first kappa shape index (κ1) is 18.6. The van der Waals surface area contributed by atoms with E-state index in [1.165, 1.54) is 5.01 Å². The van der Waals surface area contributed by atoms with Crippen LogP contribution in [0.15, 0.2) is 35.5 Å². The molecule has 0 aromatic heterocycles. The molecule has 1 aromatic rings.